The van der Waals surface area contributed by atoms with Crippen molar-refractivity contribution in [2.75, 3.05) is 31.1 Å². The van der Waals surface area contributed by atoms with Crippen LogP contribution in [0.15, 0.2) is 30.6 Å². The number of nitrogens with zero attached hydrogens (tertiary/aromatic N) is 3. The lowest BCUT2D eigenvalue weighted by molar-refractivity contribution is -0.383. The number of hydrogen-bond donors (Lipinski definition) is 1. The minimum Gasteiger partial charge on any atom is -0.370 e. The molecule has 6 heteroatoms. The van der Waals surface area contributed by atoms with E-state index in [-0.39, 0.29) is 10.6 Å². The molecular formula is C14H16N4O2. The first kappa shape index (κ1) is 12.8. The molecule has 1 aromatic heterocycles. The summed E-state index contributed by atoms with van der Waals surface area (Å²) >= 11 is 0. The van der Waals surface area contributed by atoms with E-state index in [9.17, 15) is 10.1 Å². The second-order valence-corrected chi connectivity index (χ2v) is 4.87. The molecule has 1 aromatic carbocycles. The Hall–Kier alpha value is -2.21. The summed E-state index contributed by atoms with van der Waals surface area (Å²) in [5, 5.41) is 16.0. The first-order chi connectivity index (χ1) is 9.77. The van der Waals surface area contributed by atoms with Crippen molar-refractivity contribution < 1.29 is 4.92 Å². The lowest BCUT2D eigenvalue weighted by atomic mass is 10.1. The number of nitro benzene ring substituents is 1. The van der Waals surface area contributed by atoms with Gasteiger partial charge in [-0.3, -0.25) is 15.1 Å². The van der Waals surface area contributed by atoms with Gasteiger partial charge in [0.25, 0.3) is 5.69 Å². The Kier molecular flexibility index (Phi) is 3.47. The predicted molar refractivity (Wildman–Crippen MR) is 78.1 cm³/mol. The molecule has 0 saturated carbocycles. The molecule has 2 heterocycles. The van der Waals surface area contributed by atoms with Crippen molar-refractivity contribution >= 4 is 22.1 Å². The monoisotopic (exact) mass is 272 g/mol. The molecule has 0 atom stereocenters. The summed E-state index contributed by atoms with van der Waals surface area (Å²) in [7, 11) is 0. The molecule has 0 amide bonds. The van der Waals surface area contributed by atoms with Gasteiger partial charge in [0.15, 0.2) is 0 Å². The van der Waals surface area contributed by atoms with Gasteiger partial charge in [0.1, 0.15) is 0 Å². The summed E-state index contributed by atoms with van der Waals surface area (Å²) in [5.74, 6) is 0. The van der Waals surface area contributed by atoms with E-state index in [4.69, 9.17) is 0 Å². The summed E-state index contributed by atoms with van der Waals surface area (Å²) in [6.45, 7) is 3.80. The number of nitrogens with one attached hydrogen (secondary N) is 1. The number of rotatable bonds is 2. The van der Waals surface area contributed by atoms with E-state index in [1.54, 1.807) is 24.5 Å². The average Bonchev–Trinajstić information content (AvgIpc) is 2.75. The Labute approximate surface area is 116 Å². The fraction of sp³-hybridized carbons (Fsp3) is 0.357. The van der Waals surface area contributed by atoms with Crippen molar-refractivity contribution in [3.8, 4) is 0 Å². The highest BCUT2D eigenvalue weighted by Crippen LogP contribution is 2.33. The minimum absolute atomic E-state index is 0.138. The number of anilines is 1. The summed E-state index contributed by atoms with van der Waals surface area (Å²) in [5.41, 5.74) is 1.17. The SMILES string of the molecule is O=[N+]([O-])c1ccc(N2CCCNCC2)c2cnccc12. The molecule has 1 aliphatic heterocycles. The number of nitro groups is 1. The highest BCUT2D eigenvalue weighted by atomic mass is 16.6. The fourth-order valence-corrected chi connectivity index (χ4v) is 2.68. The van der Waals surface area contributed by atoms with Crippen molar-refractivity contribution in [1.82, 2.24) is 10.3 Å². The Morgan fingerprint density at radius 3 is 2.95 bits per heavy atom. The number of hydrogen-bond acceptors (Lipinski definition) is 5. The molecule has 0 spiro atoms. The van der Waals surface area contributed by atoms with Crippen LogP contribution in [0.4, 0.5) is 11.4 Å². The van der Waals surface area contributed by atoms with Gasteiger partial charge in [0.05, 0.1) is 10.3 Å². The molecule has 104 valence electrons. The quantitative estimate of drug-likeness (QED) is 0.668. The molecule has 1 aliphatic rings. The van der Waals surface area contributed by atoms with Crippen LogP contribution in [-0.4, -0.2) is 36.1 Å². The van der Waals surface area contributed by atoms with Crippen LogP contribution in [0.1, 0.15) is 6.42 Å². The van der Waals surface area contributed by atoms with E-state index in [0.717, 1.165) is 43.7 Å². The van der Waals surface area contributed by atoms with Gasteiger partial charge in [-0.2, -0.15) is 0 Å². The number of pyridine rings is 1. The van der Waals surface area contributed by atoms with Gasteiger partial charge in [-0.1, -0.05) is 0 Å². The van der Waals surface area contributed by atoms with Gasteiger partial charge in [0, 0.05) is 49.2 Å². The van der Waals surface area contributed by atoms with Gasteiger partial charge >= 0.3 is 0 Å². The maximum atomic E-state index is 11.1. The minimum atomic E-state index is -0.337. The van der Waals surface area contributed by atoms with Crippen LogP contribution in [0, 0.1) is 10.1 Å². The summed E-state index contributed by atoms with van der Waals surface area (Å²) < 4.78 is 0. The molecule has 0 radical (unpaired) electrons. The molecule has 20 heavy (non-hydrogen) atoms. The highest BCUT2D eigenvalue weighted by Gasteiger charge is 2.18. The zero-order valence-electron chi connectivity index (χ0n) is 11.1. The van der Waals surface area contributed by atoms with Crippen LogP contribution >= 0.6 is 0 Å². The molecule has 3 rings (SSSR count). The first-order valence-corrected chi connectivity index (χ1v) is 6.74. The Bertz CT molecular complexity index is 636. The normalized spacial score (nSPS) is 16.1. The van der Waals surface area contributed by atoms with Gasteiger partial charge in [0.2, 0.25) is 0 Å². The van der Waals surface area contributed by atoms with Crippen LogP contribution in [0.2, 0.25) is 0 Å². The standard InChI is InChI=1S/C14H16N4O2/c19-18(20)14-3-2-13(12-10-16-6-4-11(12)14)17-8-1-5-15-7-9-17/h2-4,6,10,15H,1,5,7-9H2. The average molecular weight is 272 g/mol. The lowest BCUT2D eigenvalue weighted by Gasteiger charge is -2.23. The van der Waals surface area contributed by atoms with E-state index in [2.05, 4.69) is 15.2 Å². The third kappa shape index (κ3) is 2.30. The van der Waals surface area contributed by atoms with E-state index in [0.29, 0.717) is 5.39 Å². The summed E-state index contributed by atoms with van der Waals surface area (Å²) in [6, 6.07) is 5.15. The molecule has 1 saturated heterocycles. The van der Waals surface area contributed by atoms with Crippen molar-refractivity contribution in [1.29, 1.82) is 0 Å². The van der Waals surface area contributed by atoms with Crippen LogP contribution in [0.25, 0.3) is 10.8 Å². The first-order valence-electron chi connectivity index (χ1n) is 6.74. The maximum absolute atomic E-state index is 11.1. The second-order valence-electron chi connectivity index (χ2n) is 4.87. The number of benzene rings is 1. The van der Waals surface area contributed by atoms with E-state index >= 15 is 0 Å². The molecule has 0 aliphatic carbocycles. The van der Waals surface area contributed by atoms with Crippen molar-refractivity contribution in [3.63, 3.8) is 0 Å². The van der Waals surface area contributed by atoms with E-state index < -0.39 is 0 Å². The number of non-ortho nitro benzene ring substituents is 1. The van der Waals surface area contributed by atoms with Crippen LogP contribution in [0.3, 0.4) is 0 Å². The molecule has 0 unspecified atom stereocenters. The number of aromatic nitrogens is 1. The topological polar surface area (TPSA) is 71.3 Å². The van der Waals surface area contributed by atoms with Crippen LogP contribution in [-0.2, 0) is 0 Å². The van der Waals surface area contributed by atoms with Gasteiger partial charge in [-0.05, 0) is 25.1 Å². The van der Waals surface area contributed by atoms with Crippen molar-refractivity contribution in [2.24, 2.45) is 0 Å². The van der Waals surface area contributed by atoms with Crippen molar-refractivity contribution in [2.45, 2.75) is 6.42 Å². The van der Waals surface area contributed by atoms with Crippen molar-refractivity contribution in [3.05, 3.63) is 40.7 Å². The molecule has 1 N–H and O–H groups in total. The van der Waals surface area contributed by atoms with E-state index in [1.807, 2.05) is 6.07 Å². The molecule has 2 aromatic rings. The number of fused-ring (bicyclic) bond motifs is 1. The summed E-state index contributed by atoms with van der Waals surface area (Å²) in [4.78, 5) is 17.2. The lowest BCUT2D eigenvalue weighted by Crippen LogP contribution is -2.28. The van der Waals surface area contributed by atoms with Crippen LogP contribution < -0.4 is 10.2 Å². The largest absolute Gasteiger partial charge is 0.370 e. The maximum Gasteiger partial charge on any atom is 0.277 e. The predicted octanol–water partition coefficient (Wildman–Crippen LogP) is 1.94. The molecule has 0 bridgehead atoms. The summed E-state index contributed by atoms with van der Waals surface area (Å²) in [6.07, 6.45) is 4.39. The third-order valence-electron chi connectivity index (χ3n) is 3.65. The van der Waals surface area contributed by atoms with Crippen LogP contribution in [0.5, 0.6) is 0 Å². The smallest absolute Gasteiger partial charge is 0.277 e. The van der Waals surface area contributed by atoms with Gasteiger partial charge in [-0.15, -0.1) is 0 Å². The second kappa shape index (κ2) is 5.42. The molecule has 1 fully saturated rings. The zero-order chi connectivity index (χ0) is 13.9. The Morgan fingerprint density at radius 1 is 1.20 bits per heavy atom. The molecule has 6 nitrogen and oxygen atoms in total. The van der Waals surface area contributed by atoms with Gasteiger partial charge < -0.3 is 10.2 Å². The van der Waals surface area contributed by atoms with Gasteiger partial charge in [-0.25, -0.2) is 0 Å². The van der Waals surface area contributed by atoms with E-state index in [1.165, 1.54) is 0 Å². The zero-order valence-corrected chi connectivity index (χ0v) is 11.1. The Morgan fingerprint density at radius 2 is 2.10 bits per heavy atom. The fourth-order valence-electron chi connectivity index (χ4n) is 2.68. The third-order valence-corrected chi connectivity index (χ3v) is 3.65. The Balaban J connectivity index is 2.12. The molecular weight excluding hydrogens is 256 g/mol. The highest BCUT2D eigenvalue weighted by molar-refractivity contribution is 5.99.